The van der Waals surface area contributed by atoms with E-state index in [1.165, 1.54) is 32.9 Å². The van der Waals surface area contributed by atoms with Crippen LogP contribution in [0.3, 0.4) is 0 Å². The number of anilines is 2. The average molecular weight is 602 g/mol. The third kappa shape index (κ3) is 5.37. The van der Waals surface area contributed by atoms with Gasteiger partial charge in [0.25, 0.3) is 10.0 Å². The van der Waals surface area contributed by atoms with E-state index in [0.29, 0.717) is 64.8 Å². The number of fused-ring (bicyclic) bond motifs is 1. The topological polar surface area (TPSA) is 104 Å². The number of hydrogen-bond acceptors (Lipinski definition) is 5. The number of carbonyl (C=O) groups is 1. The van der Waals surface area contributed by atoms with Crippen molar-refractivity contribution in [2.24, 2.45) is 5.92 Å². The maximum absolute atomic E-state index is 13.6. The van der Waals surface area contributed by atoms with Crippen LogP contribution in [0.4, 0.5) is 11.4 Å². The molecule has 212 valence electrons. The van der Waals surface area contributed by atoms with Crippen molar-refractivity contribution >= 4 is 48.9 Å². The lowest BCUT2D eigenvalue weighted by Gasteiger charge is -2.32. The first kappa shape index (κ1) is 28.6. The molecule has 40 heavy (non-hydrogen) atoms. The number of rotatable bonds is 6. The fraction of sp³-hybridized carbons (Fsp3) is 0.345. The van der Waals surface area contributed by atoms with Crippen molar-refractivity contribution in [2.45, 2.75) is 49.8 Å². The molecule has 3 aromatic carbocycles. The van der Waals surface area contributed by atoms with E-state index in [9.17, 15) is 21.6 Å². The van der Waals surface area contributed by atoms with E-state index >= 15 is 0 Å². The minimum Gasteiger partial charge on any atom is -0.326 e. The lowest BCUT2D eigenvalue weighted by atomic mass is 9.98. The van der Waals surface area contributed by atoms with Gasteiger partial charge in [0.2, 0.25) is 15.9 Å². The fourth-order valence-electron chi connectivity index (χ4n) is 5.73. The first-order valence-corrected chi connectivity index (χ1v) is 16.4. The molecule has 1 saturated heterocycles. The number of halogens is 1. The Kier molecular flexibility index (Phi) is 7.73. The second-order valence-electron chi connectivity index (χ2n) is 10.5. The zero-order valence-corrected chi connectivity index (χ0v) is 25.0. The predicted octanol–water partition coefficient (Wildman–Crippen LogP) is 5.06. The summed E-state index contributed by atoms with van der Waals surface area (Å²) < 4.78 is 56.6. The van der Waals surface area contributed by atoms with Crippen molar-refractivity contribution in [1.82, 2.24) is 4.31 Å². The first-order chi connectivity index (χ1) is 18.9. The van der Waals surface area contributed by atoms with Gasteiger partial charge in [-0.2, -0.15) is 4.31 Å². The summed E-state index contributed by atoms with van der Waals surface area (Å²) in [6.07, 6.45) is 1.69. The number of nitrogens with one attached hydrogen (secondary N) is 1. The van der Waals surface area contributed by atoms with E-state index in [0.717, 1.165) is 11.1 Å². The molecule has 11 heteroatoms. The standard InChI is InChI=1S/C29H32ClN3O5S2/c1-19-15-20(2)28(21(3)16-19)40(37,38)32-13-4-5-23(18-32)29(34)31-25-9-6-22-12-14-33(27(22)17-25)39(35,36)26-10-7-24(30)8-11-26/h6-11,15-17,23H,4-5,12-14,18H2,1-3H3,(H,31,34)/t23-/m0/s1. The maximum atomic E-state index is 13.6. The Morgan fingerprint density at radius 1 is 0.900 bits per heavy atom. The number of benzene rings is 3. The highest BCUT2D eigenvalue weighted by Gasteiger charge is 2.35. The van der Waals surface area contributed by atoms with Gasteiger partial charge in [-0.1, -0.05) is 35.4 Å². The number of piperidine rings is 1. The summed E-state index contributed by atoms with van der Waals surface area (Å²) in [5, 5.41) is 3.35. The van der Waals surface area contributed by atoms with Crippen molar-refractivity contribution in [3.8, 4) is 0 Å². The van der Waals surface area contributed by atoms with Crippen molar-refractivity contribution in [3.05, 3.63) is 81.9 Å². The lowest BCUT2D eigenvalue weighted by molar-refractivity contribution is -0.120. The van der Waals surface area contributed by atoms with Crippen molar-refractivity contribution in [3.63, 3.8) is 0 Å². The van der Waals surface area contributed by atoms with Crippen LogP contribution in [0.1, 0.15) is 35.1 Å². The smallest absolute Gasteiger partial charge is 0.264 e. The van der Waals surface area contributed by atoms with Gasteiger partial charge in [-0.25, -0.2) is 16.8 Å². The molecule has 2 heterocycles. The third-order valence-corrected chi connectivity index (χ3v) is 11.8. The summed E-state index contributed by atoms with van der Waals surface area (Å²) in [4.78, 5) is 13.8. The van der Waals surface area contributed by atoms with Crippen molar-refractivity contribution in [2.75, 3.05) is 29.3 Å². The van der Waals surface area contributed by atoms with Gasteiger partial charge >= 0.3 is 0 Å². The molecule has 2 aliphatic rings. The summed E-state index contributed by atoms with van der Waals surface area (Å²) in [7, 11) is -7.57. The molecular weight excluding hydrogens is 570 g/mol. The molecule has 5 rings (SSSR count). The largest absolute Gasteiger partial charge is 0.326 e. The van der Waals surface area contributed by atoms with Gasteiger partial charge in [-0.3, -0.25) is 9.10 Å². The van der Waals surface area contributed by atoms with E-state index in [1.807, 2.05) is 25.1 Å². The Balaban J connectivity index is 1.34. The lowest BCUT2D eigenvalue weighted by Crippen LogP contribution is -2.44. The molecule has 0 spiro atoms. The van der Waals surface area contributed by atoms with Gasteiger partial charge in [0.1, 0.15) is 0 Å². The van der Waals surface area contributed by atoms with Crippen molar-refractivity contribution < 1.29 is 21.6 Å². The number of amides is 1. The Morgan fingerprint density at radius 3 is 2.25 bits per heavy atom. The molecular formula is C29H32ClN3O5S2. The van der Waals surface area contributed by atoms with Crippen LogP contribution in [0.2, 0.25) is 5.02 Å². The minimum absolute atomic E-state index is 0.0862. The zero-order valence-electron chi connectivity index (χ0n) is 22.6. The van der Waals surface area contributed by atoms with Gasteiger partial charge in [0.15, 0.2) is 0 Å². The quantitative estimate of drug-likeness (QED) is 0.425. The zero-order chi connectivity index (χ0) is 28.8. The van der Waals surface area contributed by atoms with Crippen LogP contribution in [-0.2, 0) is 31.3 Å². The van der Waals surface area contributed by atoms with Gasteiger partial charge in [0, 0.05) is 30.3 Å². The first-order valence-electron chi connectivity index (χ1n) is 13.2. The average Bonchev–Trinajstić information content (AvgIpc) is 3.32. The normalized spacial score (nSPS) is 18.0. The molecule has 0 radical (unpaired) electrons. The highest BCUT2D eigenvalue weighted by molar-refractivity contribution is 7.92. The highest BCUT2D eigenvalue weighted by atomic mass is 35.5. The molecule has 8 nitrogen and oxygen atoms in total. The van der Waals surface area contributed by atoms with Gasteiger partial charge < -0.3 is 5.32 Å². The summed E-state index contributed by atoms with van der Waals surface area (Å²) in [6.45, 7) is 6.27. The van der Waals surface area contributed by atoms with Crippen LogP contribution < -0.4 is 9.62 Å². The van der Waals surface area contributed by atoms with E-state index in [4.69, 9.17) is 11.6 Å². The van der Waals surface area contributed by atoms with E-state index in [2.05, 4.69) is 5.32 Å². The molecule has 0 aliphatic carbocycles. The predicted molar refractivity (Wildman–Crippen MR) is 157 cm³/mol. The molecule has 0 saturated carbocycles. The number of sulfonamides is 2. The molecule has 1 N–H and O–H groups in total. The number of nitrogens with zero attached hydrogens (tertiary/aromatic N) is 2. The molecule has 0 unspecified atom stereocenters. The van der Waals surface area contributed by atoms with Crippen LogP contribution in [0.15, 0.2) is 64.4 Å². The highest BCUT2D eigenvalue weighted by Crippen LogP contribution is 2.36. The Labute approximate surface area is 241 Å². The summed E-state index contributed by atoms with van der Waals surface area (Å²) in [6, 6.07) is 15.0. The van der Waals surface area contributed by atoms with Crippen LogP contribution in [0.5, 0.6) is 0 Å². The summed E-state index contributed by atoms with van der Waals surface area (Å²) >= 11 is 5.94. The van der Waals surface area contributed by atoms with Crippen LogP contribution >= 0.6 is 11.6 Å². The second-order valence-corrected chi connectivity index (χ2v) is 14.7. The minimum atomic E-state index is -3.81. The summed E-state index contributed by atoms with van der Waals surface area (Å²) in [5.41, 5.74) is 4.24. The third-order valence-electron chi connectivity index (χ3n) is 7.56. The van der Waals surface area contributed by atoms with E-state index < -0.39 is 26.0 Å². The molecule has 1 fully saturated rings. The molecule has 2 aliphatic heterocycles. The van der Waals surface area contributed by atoms with Gasteiger partial charge in [0.05, 0.1) is 21.4 Å². The molecule has 1 atom stereocenters. The van der Waals surface area contributed by atoms with Crippen LogP contribution in [0, 0.1) is 26.7 Å². The van der Waals surface area contributed by atoms with E-state index in [1.54, 1.807) is 26.0 Å². The fourth-order valence-corrected chi connectivity index (χ4v) is 9.29. The van der Waals surface area contributed by atoms with Crippen molar-refractivity contribution in [1.29, 1.82) is 0 Å². The SMILES string of the molecule is Cc1cc(C)c(S(=O)(=O)N2CCC[C@H](C(=O)Nc3ccc4c(c3)N(S(=O)(=O)c3ccc(Cl)cc3)CC4)C2)c(C)c1. The maximum Gasteiger partial charge on any atom is 0.264 e. The molecule has 0 bridgehead atoms. The molecule has 0 aromatic heterocycles. The molecule has 1 amide bonds. The Morgan fingerprint density at radius 2 is 1.57 bits per heavy atom. The number of hydrogen-bond donors (Lipinski definition) is 1. The number of carbonyl (C=O) groups excluding carboxylic acids is 1. The van der Waals surface area contributed by atoms with Crippen LogP contribution in [0.25, 0.3) is 0 Å². The Hall–Kier alpha value is -2.92. The molecule has 3 aromatic rings. The summed E-state index contributed by atoms with van der Waals surface area (Å²) in [5.74, 6) is -0.820. The Bertz CT molecular complexity index is 1670. The monoisotopic (exact) mass is 601 g/mol. The van der Waals surface area contributed by atoms with E-state index in [-0.39, 0.29) is 17.3 Å². The second kappa shape index (κ2) is 10.8. The van der Waals surface area contributed by atoms with Gasteiger partial charge in [-0.15, -0.1) is 0 Å². The van der Waals surface area contributed by atoms with Gasteiger partial charge in [-0.05, 0) is 93.1 Å². The number of aryl methyl sites for hydroxylation is 3. The van der Waals surface area contributed by atoms with Crippen LogP contribution in [-0.4, -0.2) is 46.7 Å².